The number of nitrogens with zero attached hydrogens (tertiary/aromatic N) is 1. The van der Waals surface area contributed by atoms with E-state index in [0.717, 1.165) is 17.7 Å². The third-order valence-corrected chi connectivity index (χ3v) is 5.63. The Bertz CT molecular complexity index is 796. The monoisotopic (exact) mass is 357 g/mol. The number of benzene rings is 2. The molecule has 7 heteroatoms. The van der Waals surface area contributed by atoms with Crippen LogP contribution < -0.4 is 4.74 Å². The van der Waals surface area contributed by atoms with Gasteiger partial charge in [0.1, 0.15) is 11.6 Å². The number of rotatable bonds is 6. The first-order chi connectivity index (χ1) is 10.9. The first-order valence-corrected chi connectivity index (χ1v) is 8.71. The van der Waals surface area contributed by atoms with Gasteiger partial charge in [0.2, 0.25) is 10.0 Å². The number of likely N-dealkylation sites (N-methyl/N-ethyl adjacent to an activating group) is 1. The van der Waals surface area contributed by atoms with E-state index in [2.05, 4.69) is 0 Å². The van der Waals surface area contributed by atoms with Gasteiger partial charge in [-0.15, -0.1) is 0 Å². The Morgan fingerprint density at radius 3 is 2.57 bits per heavy atom. The van der Waals surface area contributed by atoms with Crippen molar-refractivity contribution in [1.29, 1.82) is 0 Å². The standard InChI is InChI=1S/C16H17ClFNO3S/c1-19(10-9-12-5-3-4-6-16(12)22-2)23(20,21)13-7-8-15(18)14(17)11-13/h3-8,11H,9-10H2,1-2H3. The van der Waals surface area contributed by atoms with Gasteiger partial charge >= 0.3 is 0 Å². The van der Waals surface area contributed by atoms with Gasteiger partial charge in [0, 0.05) is 13.6 Å². The first-order valence-electron chi connectivity index (χ1n) is 6.89. The molecular formula is C16H17ClFNO3S. The number of hydrogen-bond donors (Lipinski definition) is 0. The molecule has 0 spiro atoms. The molecule has 2 rings (SSSR count). The predicted octanol–water partition coefficient (Wildman–Crippen LogP) is 3.35. The molecule has 0 radical (unpaired) electrons. The zero-order valence-corrected chi connectivity index (χ0v) is 14.4. The summed E-state index contributed by atoms with van der Waals surface area (Å²) < 4.78 is 44.6. The molecule has 0 aliphatic heterocycles. The molecule has 23 heavy (non-hydrogen) atoms. The number of ether oxygens (including phenoxy) is 1. The van der Waals surface area contributed by atoms with Gasteiger partial charge in [0.15, 0.2) is 0 Å². The second-order valence-corrected chi connectivity index (χ2v) is 7.42. The predicted molar refractivity (Wildman–Crippen MR) is 87.9 cm³/mol. The fraction of sp³-hybridized carbons (Fsp3) is 0.250. The fourth-order valence-corrected chi connectivity index (χ4v) is 3.57. The van der Waals surface area contributed by atoms with Crippen LogP contribution in [-0.4, -0.2) is 33.4 Å². The van der Waals surface area contributed by atoms with Gasteiger partial charge in [-0.05, 0) is 36.2 Å². The summed E-state index contributed by atoms with van der Waals surface area (Å²) in [5.74, 6) is 0.0606. The summed E-state index contributed by atoms with van der Waals surface area (Å²) in [4.78, 5) is -0.0357. The molecular weight excluding hydrogens is 341 g/mol. The van der Waals surface area contributed by atoms with Crippen molar-refractivity contribution >= 4 is 21.6 Å². The van der Waals surface area contributed by atoms with Crippen LogP contribution in [0, 0.1) is 5.82 Å². The van der Waals surface area contributed by atoms with Crippen LogP contribution in [0.2, 0.25) is 5.02 Å². The van der Waals surface area contributed by atoms with Crippen molar-refractivity contribution < 1.29 is 17.5 Å². The van der Waals surface area contributed by atoms with Crippen LogP contribution in [0.3, 0.4) is 0 Å². The smallest absolute Gasteiger partial charge is 0.242 e. The highest BCUT2D eigenvalue weighted by atomic mass is 35.5. The van der Waals surface area contributed by atoms with Gasteiger partial charge in [-0.2, -0.15) is 0 Å². The number of methoxy groups -OCH3 is 1. The van der Waals surface area contributed by atoms with Crippen LogP contribution in [0.5, 0.6) is 5.75 Å². The second-order valence-electron chi connectivity index (χ2n) is 4.96. The summed E-state index contributed by atoms with van der Waals surface area (Å²) in [5.41, 5.74) is 0.911. The molecule has 0 aliphatic rings. The minimum absolute atomic E-state index is 0.0357. The summed E-state index contributed by atoms with van der Waals surface area (Å²) in [6.45, 7) is 0.262. The van der Waals surface area contributed by atoms with Crippen molar-refractivity contribution in [3.63, 3.8) is 0 Å². The highest BCUT2D eigenvalue weighted by Gasteiger charge is 2.22. The Balaban J connectivity index is 2.15. The Kier molecular flexibility index (Phi) is 5.62. The van der Waals surface area contributed by atoms with Gasteiger partial charge < -0.3 is 4.74 Å². The zero-order valence-electron chi connectivity index (χ0n) is 12.8. The quantitative estimate of drug-likeness (QED) is 0.796. The van der Waals surface area contributed by atoms with Crippen LogP contribution in [0.15, 0.2) is 47.4 Å². The lowest BCUT2D eigenvalue weighted by atomic mass is 10.1. The van der Waals surface area contributed by atoms with Crippen molar-refractivity contribution in [1.82, 2.24) is 4.31 Å². The van der Waals surface area contributed by atoms with Crippen molar-refractivity contribution in [3.8, 4) is 5.75 Å². The lowest BCUT2D eigenvalue weighted by Gasteiger charge is -2.18. The summed E-state index contributed by atoms with van der Waals surface area (Å²) in [6, 6.07) is 10.8. The summed E-state index contributed by atoms with van der Waals surface area (Å²) in [7, 11) is -0.683. The fourth-order valence-electron chi connectivity index (χ4n) is 2.12. The minimum Gasteiger partial charge on any atom is -0.496 e. The largest absolute Gasteiger partial charge is 0.496 e. The van der Waals surface area contributed by atoms with Gasteiger partial charge in [-0.3, -0.25) is 0 Å². The van der Waals surface area contributed by atoms with E-state index < -0.39 is 15.8 Å². The van der Waals surface area contributed by atoms with E-state index in [4.69, 9.17) is 16.3 Å². The molecule has 2 aromatic rings. The Morgan fingerprint density at radius 1 is 1.22 bits per heavy atom. The Hall–Kier alpha value is -1.63. The molecule has 0 N–H and O–H groups in total. The highest BCUT2D eigenvalue weighted by Crippen LogP contribution is 2.23. The maximum atomic E-state index is 13.2. The normalized spacial score (nSPS) is 11.7. The van der Waals surface area contributed by atoms with Gasteiger partial charge in [-0.1, -0.05) is 29.8 Å². The van der Waals surface area contributed by atoms with E-state index in [9.17, 15) is 12.8 Å². The minimum atomic E-state index is -3.73. The van der Waals surface area contributed by atoms with Crippen molar-refractivity contribution in [2.45, 2.75) is 11.3 Å². The van der Waals surface area contributed by atoms with E-state index in [1.807, 2.05) is 24.3 Å². The number of para-hydroxylation sites is 1. The molecule has 0 aromatic heterocycles. The molecule has 0 unspecified atom stereocenters. The molecule has 0 fully saturated rings. The van der Waals surface area contributed by atoms with Gasteiger partial charge in [0.25, 0.3) is 0 Å². The molecule has 0 heterocycles. The van der Waals surface area contributed by atoms with Crippen molar-refractivity contribution in [3.05, 3.63) is 58.9 Å². The van der Waals surface area contributed by atoms with E-state index in [1.54, 1.807) is 7.11 Å². The highest BCUT2D eigenvalue weighted by molar-refractivity contribution is 7.89. The summed E-state index contributed by atoms with van der Waals surface area (Å²) >= 11 is 5.66. The lowest BCUT2D eigenvalue weighted by Crippen LogP contribution is -2.29. The topological polar surface area (TPSA) is 46.6 Å². The van der Waals surface area contributed by atoms with Gasteiger partial charge in [0.05, 0.1) is 17.0 Å². The molecule has 0 saturated carbocycles. The third kappa shape index (κ3) is 4.02. The molecule has 4 nitrogen and oxygen atoms in total. The average molecular weight is 358 g/mol. The zero-order chi connectivity index (χ0) is 17.0. The molecule has 0 amide bonds. The molecule has 0 bridgehead atoms. The van der Waals surface area contributed by atoms with Gasteiger partial charge in [-0.25, -0.2) is 17.1 Å². The van der Waals surface area contributed by atoms with Crippen LogP contribution >= 0.6 is 11.6 Å². The number of sulfonamides is 1. The maximum absolute atomic E-state index is 13.2. The third-order valence-electron chi connectivity index (χ3n) is 3.49. The molecule has 2 aromatic carbocycles. The van der Waals surface area contributed by atoms with Crippen LogP contribution in [0.4, 0.5) is 4.39 Å². The summed E-state index contributed by atoms with van der Waals surface area (Å²) in [5, 5.41) is -0.218. The average Bonchev–Trinajstić information content (AvgIpc) is 2.55. The molecule has 0 atom stereocenters. The number of hydrogen-bond acceptors (Lipinski definition) is 3. The van der Waals surface area contributed by atoms with Crippen molar-refractivity contribution in [2.75, 3.05) is 20.7 Å². The van der Waals surface area contributed by atoms with E-state index in [1.165, 1.54) is 17.4 Å². The van der Waals surface area contributed by atoms with E-state index in [-0.39, 0.29) is 16.5 Å². The maximum Gasteiger partial charge on any atom is 0.242 e. The molecule has 0 saturated heterocycles. The van der Waals surface area contributed by atoms with Crippen molar-refractivity contribution in [2.24, 2.45) is 0 Å². The second kappa shape index (κ2) is 7.29. The van der Waals surface area contributed by atoms with E-state index in [0.29, 0.717) is 12.2 Å². The summed E-state index contributed by atoms with van der Waals surface area (Å²) in [6.07, 6.45) is 0.495. The Labute approximate surface area is 140 Å². The van der Waals surface area contributed by atoms with Crippen LogP contribution in [0.25, 0.3) is 0 Å². The van der Waals surface area contributed by atoms with Crippen LogP contribution in [-0.2, 0) is 16.4 Å². The SMILES string of the molecule is COc1ccccc1CCN(C)S(=O)(=O)c1ccc(F)c(Cl)c1. The lowest BCUT2D eigenvalue weighted by molar-refractivity contribution is 0.406. The first kappa shape index (κ1) is 17.7. The molecule has 124 valence electrons. The van der Waals surface area contributed by atoms with Crippen LogP contribution in [0.1, 0.15) is 5.56 Å². The number of halogens is 2. The Morgan fingerprint density at radius 2 is 1.91 bits per heavy atom. The van der Waals surface area contributed by atoms with E-state index >= 15 is 0 Å². The molecule has 0 aliphatic carbocycles.